The minimum Gasteiger partial charge on any atom is -0.393 e. The van der Waals surface area contributed by atoms with Gasteiger partial charge < -0.3 is 42.1 Å². The zero-order chi connectivity index (χ0) is 42.8. The number of aryl methyl sites for hydroxylation is 2. The van der Waals surface area contributed by atoms with Crippen LogP contribution in [0.3, 0.4) is 0 Å². The van der Waals surface area contributed by atoms with Crippen molar-refractivity contribution in [2.75, 3.05) is 0 Å². The lowest BCUT2D eigenvalue weighted by molar-refractivity contribution is -0.118. The molecule has 0 saturated heterocycles. The molecule has 10 N–H and O–H groups in total. The Morgan fingerprint density at radius 1 is 0.724 bits per heavy atom. The number of hydrogen-bond acceptors (Lipinski definition) is 10. The van der Waals surface area contributed by atoms with Crippen LogP contribution in [0.4, 0.5) is 0 Å². The number of halogens is 4. The van der Waals surface area contributed by atoms with E-state index in [1.807, 2.05) is 48.6 Å². The molecule has 4 rings (SSSR count). The summed E-state index contributed by atoms with van der Waals surface area (Å²) in [5.41, 5.74) is 12.3. The largest absolute Gasteiger partial charge is 0.393 e. The van der Waals surface area contributed by atoms with Crippen LogP contribution in [-0.2, 0) is 22.4 Å². The van der Waals surface area contributed by atoms with Crippen LogP contribution in [0.2, 0.25) is 8.67 Å². The lowest BCUT2D eigenvalue weighted by Crippen LogP contribution is -2.20. The summed E-state index contributed by atoms with van der Waals surface area (Å²) >= 11 is 22.0. The predicted molar refractivity (Wildman–Crippen MR) is 242 cm³/mol. The topological polar surface area (TPSA) is 208 Å². The number of carbonyl (C=O) groups is 2. The predicted octanol–water partition coefficient (Wildman–Crippen LogP) is 7.95. The van der Waals surface area contributed by atoms with Crippen LogP contribution in [0.1, 0.15) is 88.2 Å². The maximum Gasteiger partial charge on any atom is 0.217 e. The van der Waals surface area contributed by atoms with Crippen molar-refractivity contribution in [1.29, 1.82) is 0 Å². The fourth-order valence-electron chi connectivity index (χ4n) is 7.35. The van der Waals surface area contributed by atoms with Gasteiger partial charge in [-0.25, -0.2) is 0 Å². The molecule has 16 heteroatoms. The van der Waals surface area contributed by atoms with E-state index in [2.05, 4.69) is 31.9 Å². The Kier molecular flexibility index (Phi) is 23.6. The first-order valence-electron chi connectivity index (χ1n) is 19.7. The molecule has 10 nitrogen and oxygen atoms in total. The number of unbranched alkanes of at least 4 members (excludes halogenated alkanes) is 2. The average Bonchev–Trinajstić information content (AvgIpc) is 3.83. The summed E-state index contributed by atoms with van der Waals surface area (Å²) in [5, 5.41) is 61.8. The molecule has 2 saturated carbocycles. The first-order valence-corrected chi connectivity index (χ1v) is 23.7. The fourth-order valence-corrected chi connectivity index (χ4v) is 11.8. The van der Waals surface area contributed by atoms with Crippen LogP contribution in [0.5, 0.6) is 0 Å². The average molecular weight is 1010 g/mol. The van der Waals surface area contributed by atoms with E-state index in [0.29, 0.717) is 79.3 Å². The molecule has 2 heterocycles. The van der Waals surface area contributed by atoms with Crippen molar-refractivity contribution in [3.8, 4) is 0 Å². The Bertz CT molecular complexity index is 1570. The molecule has 0 bridgehead atoms. The summed E-state index contributed by atoms with van der Waals surface area (Å²) < 4.78 is 3.39. The zero-order valence-corrected chi connectivity index (χ0v) is 38.7. The normalized spacial score (nSPS) is 26.0. The molecule has 10 atom stereocenters. The number of aliphatic hydroxyl groups excluding tert-OH is 6. The first-order chi connectivity index (χ1) is 27.5. The van der Waals surface area contributed by atoms with Gasteiger partial charge in [-0.1, -0.05) is 71.8 Å². The maximum absolute atomic E-state index is 10.7. The van der Waals surface area contributed by atoms with Gasteiger partial charge in [-0.05, 0) is 131 Å². The molecule has 0 aromatic carbocycles. The summed E-state index contributed by atoms with van der Waals surface area (Å²) in [5.74, 6) is -1.18. The SMILES string of the molecule is NC(=O)CCC/C=C\C[C@@H]1[C@@H](/C=C/[C@@H](O)CCc2cc(Br)sc2Br)[C@H](O)C[C@@H]1O.NC(=O)CCC/C=C\C[C@@H]1[C@@H](/C=C/[C@@H](O)CCc2cc(Cl)sc2Cl)[C@H](O)C[C@@H]1O. The van der Waals surface area contributed by atoms with E-state index in [4.69, 9.17) is 34.7 Å². The highest BCUT2D eigenvalue weighted by molar-refractivity contribution is 9.12. The standard InChI is InChI=1S/C21H29Br2NO4S.C21H29Cl2NO4S/c2*22-19-11-13(21(23)29-19)7-8-14(25)9-10-16-15(17(26)12-18(16)27)5-3-1-2-4-6-20(24)28/h2*1,3,9-11,14-18,25-27H,2,4-8,12H2,(H2,24,28)/b2*3-1-,10-9+/t2*14-,15+,16+,17-,18+/m00/s1. The lowest BCUT2D eigenvalue weighted by Gasteiger charge is -2.19. The molecule has 0 spiro atoms. The van der Waals surface area contributed by atoms with Crippen LogP contribution >= 0.6 is 77.7 Å². The highest BCUT2D eigenvalue weighted by atomic mass is 79.9. The zero-order valence-electron chi connectivity index (χ0n) is 32.4. The molecule has 58 heavy (non-hydrogen) atoms. The number of nitrogens with two attached hydrogens (primary N) is 2. The highest BCUT2D eigenvalue weighted by Gasteiger charge is 2.40. The third-order valence-electron chi connectivity index (χ3n) is 10.6. The van der Waals surface area contributed by atoms with Crippen LogP contribution in [0, 0.1) is 23.7 Å². The number of allylic oxidation sites excluding steroid dienone is 4. The van der Waals surface area contributed by atoms with E-state index in [-0.39, 0.29) is 35.5 Å². The third-order valence-corrected chi connectivity index (χ3v) is 14.6. The quantitative estimate of drug-likeness (QED) is 0.0428. The number of rotatable bonds is 22. The molecule has 2 fully saturated rings. The van der Waals surface area contributed by atoms with Crippen molar-refractivity contribution >= 4 is 89.5 Å². The highest BCUT2D eigenvalue weighted by Crippen LogP contribution is 2.38. The van der Waals surface area contributed by atoms with Gasteiger partial charge in [-0.15, -0.1) is 22.7 Å². The number of carbonyl (C=O) groups excluding carboxylic acids is 2. The van der Waals surface area contributed by atoms with Crippen LogP contribution < -0.4 is 11.5 Å². The van der Waals surface area contributed by atoms with Crippen molar-refractivity contribution in [2.45, 2.75) is 127 Å². The second-order valence-electron chi connectivity index (χ2n) is 15.0. The summed E-state index contributed by atoms with van der Waals surface area (Å²) in [4.78, 5) is 21.5. The Balaban J connectivity index is 0.000000310. The van der Waals surface area contributed by atoms with E-state index < -0.39 is 36.6 Å². The van der Waals surface area contributed by atoms with E-state index in [1.54, 1.807) is 23.5 Å². The number of thiophene rings is 2. The number of aliphatic hydroxyl groups is 6. The second kappa shape index (κ2) is 26.8. The second-order valence-corrected chi connectivity index (χ2v) is 21.1. The third kappa shape index (κ3) is 18.3. The van der Waals surface area contributed by atoms with Gasteiger partial charge in [0.05, 0.1) is 52.9 Å². The lowest BCUT2D eigenvalue weighted by atomic mass is 9.89. The van der Waals surface area contributed by atoms with Gasteiger partial charge in [0.25, 0.3) is 0 Å². The molecular weight excluding hydrogens is 955 g/mol. The summed E-state index contributed by atoms with van der Waals surface area (Å²) in [6.45, 7) is 0. The molecule has 2 aromatic heterocycles. The summed E-state index contributed by atoms with van der Waals surface area (Å²) in [6, 6.07) is 3.86. The van der Waals surface area contributed by atoms with Crippen molar-refractivity contribution in [2.24, 2.45) is 35.1 Å². The molecule has 2 aromatic rings. The van der Waals surface area contributed by atoms with Crippen molar-refractivity contribution < 1.29 is 40.2 Å². The summed E-state index contributed by atoms with van der Waals surface area (Å²) in [6.07, 6.45) is 19.5. The molecular formula is C42H58Br2Cl2N2O8S2. The van der Waals surface area contributed by atoms with Gasteiger partial charge in [0, 0.05) is 37.5 Å². The number of amides is 2. The smallest absolute Gasteiger partial charge is 0.217 e. The van der Waals surface area contributed by atoms with E-state index >= 15 is 0 Å². The Morgan fingerprint density at radius 2 is 1.19 bits per heavy atom. The monoisotopic (exact) mass is 1010 g/mol. The number of primary amides is 2. The van der Waals surface area contributed by atoms with Gasteiger partial charge >= 0.3 is 0 Å². The molecule has 0 aliphatic heterocycles. The minimum atomic E-state index is -0.667. The molecule has 0 unspecified atom stereocenters. The van der Waals surface area contributed by atoms with Gasteiger partial charge in [-0.3, -0.25) is 9.59 Å². The van der Waals surface area contributed by atoms with Gasteiger partial charge in [0.1, 0.15) is 0 Å². The molecule has 324 valence electrons. The molecule has 2 aliphatic carbocycles. The molecule has 2 amide bonds. The van der Waals surface area contributed by atoms with Crippen LogP contribution in [0.15, 0.2) is 68.3 Å². The van der Waals surface area contributed by atoms with E-state index in [1.165, 1.54) is 11.3 Å². The van der Waals surface area contributed by atoms with Crippen molar-refractivity contribution in [3.63, 3.8) is 0 Å². The first kappa shape index (κ1) is 51.0. The summed E-state index contributed by atoms with van der Waals surface area (Å²) in [7, 11) is 0. The van der Waals surface area contributed by atoms with Crippen LogP contribution in [-0.4, -0.2) is 79.1 Å². The Labute approximate surface area is 377 Å². The Hall–Kier alpha value is -1.40. The fraction of sp³-hybridized carbons (Fsp3) is 0.571. The van der Waals surface area contributed by atoms with Crippen molar-refractivity contribution in [3.05, 3.63) is 88.1 Å². The van der Waals surface area contributed by atoms with Gasteiger partial charge in [0.2, 0.25) is 11.8 Å². The molecule has 2 aliphatic rings. The minimum absolute atomic E-state index is 0.0807. The molecule has 0 radical (unpaired) electrons. The maximum atomic E-state index is 10.7. The van der Waals surface area contributed by atoms with Gasteiger partial charge in [-0.2, -0.15) is 0 Å². The van der Waals surface area contributed by atoms with E-state index in [9.17, 15) is 40.2 Å². The van der Waals surface area contributed by atoms with Gasteiger partial charge in [0.15, 0.2) is 0 Å². The van der Waals surface area contributed by atoms with Crippen molar-refractivity contribution in [1.82, 2.24) is 0 Å². The van der Waals surface area contributed by atoms with Crippen LogP contribution in [0.25, 0.3) is 0 Å². The number of hydrogen-bond donors (Lipinski definition) is 8. The Morgan fingerprint density at radius 3 is 1.59 bits per heavy atom. The van der Waals surface area contributed by atoms with E-state index in [0.717, 1.165) is 38.0 Å².